The fourth-order valence-corrected chi connectivity index (χ4v) is 4.06. The minimum Gasteiger partial charge on any atom is -0.497 e. The lowest BCUT2D eigenvalue weighted by Gasteiger charge is -2.03. The number of methoxy groups -OCH3 is 1. The molecule has 0 unspecified atom stereocenters. The highest BCUT2D eigenvalue weighted by atomic mass is 35.5. The first kappa shape index (κ1) is 17.1. The summed E-state index contributed by atoms with van der Waals surface area (Å²) in [5, 5.41) is 4.07. The summed E-state index contributed by atoms with van der Waals surface area (Å²) in [4.78, 5) is 17.6. The van der Waals surface area contributed by atoms with Crippen molar-refractivity contribution in [2.75, 3.05) is 18.2 Å². The second-order valence-corrected chi connectivity index (χ2v) is 7.53. The zero-order chi connectivity index (χ0) is 17.1. The molecular weight excluding hydrogens is 364 g/mol. The van der Waals surface area contributed by atoms with Crippen molar-refractivity contribution in [1.29, 1.82) is 0 Å². The Labute approximate surface area is 153 Å². The van der Waals surface area contributed by atoms with Gasteiger partial charge < -0.3 is 10.1 Å². The molecule has 0 saturated heterocycles. The van der Waals surface area contributed by atoms with Crippen LogP contribution >= 0.6 is 34.7 Å². The van der Waals surface area contributed by atoms with Gasteiger partial charge >= 0.3 is 0 Å². The summed E-state index contributed by atoms with van der Waals surface area (Å²) in [6, 6.07) is 11.4. The molecule has 1 heterocycles. The topological polar surface area (TPSA) is 51.2 Å². The zero-order valence-electron chi connectivity index (χ0n) is 13.1. The van der Waals surface area contributed by atoms with Crippen LogP contribution in [0.4, 0.5) is 5.13 Å². The van der Waals surface area contributed by atoms with Crippen LogP contribution in [0.1, 0.15) is 5.56 Å². The van der Waals surface area contributed by atoms with Gasteiger partial charge in [0.15, 0.2) is 5.13 Å². The van der Waals surface area contributed by atoms with Crippen LogP contribution in [0.15, 0.2) is 41.3 Å². The summed E-state index contributed by atoms with van der Waals surface area (Å²) in [5.74, 6) is 1.02. The summed E-state index contributed by atoms with van der Waals surface area (Å²) < 4.78 is 6.01. The summed E-state index contributed by atoms with van der Waals surface area (Å²) in [6.07, 6.45) is 0. The second-order valence-electron chi connectivity index (χ2n) is 5.07. The van der Waals surface area contributed by atoms with Gasteiger partial charge in [0, 0.05) is 4.90 Å². The van der Waals surface area contributed by atoms with Gasteiger partial charge in [-0.2, -0.15) is 0 Å². The number of rotatable bonds is 5. The maximum atomic E-state index is 12.1. The van der Waals surface area contributed by atoms with Crippen molar-refractivity contribution in [1.82, 2.24) is 4.98 Å². The first-order valence-electron chi connectivity index (χ1n) is 7.19. The molecule has 0 fully saturated rings. The van der Waals surface area contributed by atoms with Crippen LogP contribution in [0.2, 0.25) is 5.02 Å². The van der Waals surface area contributed by atoms with E-state index in [-0.39, 0.29) is 5.91 Å². The number of hydrogen-bond donors (Lipinski definition) is 1. The lowest BCUT2D eigenvalue weighted by molar-refractivity contribution is -0.113. The fourth-order valence-electron chi connectivity index (χ4n) is 2.13. The number of fused-ring (bicyclic) bond motifs is 1. The number of amides is 1. The van der Waals surface area contributed by atoms with Gasteiger partial charge in [-0.3, -0.25) is 4.79 Å². The molecule has 24 heavy (non-hydrogen) atoms. The highest BCUT2D eigenvalue weighted by Crippen LogP contribution is 2.34. The fraction of sp³-hybridized carbons (Fsp3) is 0.176. The number of nitrogens with zero attached hydrogens (tertiary/aromatic N) is 1. The molecule has 0 spiro atoms. The number of thioether (sulfide) groups is 1. The van der Waals surface area contributed by atoms with Crippen molar-refractivity contribution >= 4 is 56.0 Å². The third-order valence-corrected chi connectivity index (χ3v) is 5.82. The summed E-state index contributed by atoms with van der Waals surface area (Å²) >= 11 is 9.04. The van der Waals surface area contributed by atoms with Gasteiger partial charge in [0.05, 0.1) is 28.1 Å². The molecule has 3 aromatic rings. The first-order chi connectivity index (χ1) is 11.6. The van der Waals surface area contributed by atoms with Gasteiger partial charge in [-0.1, -0.05) is 29.0 Å². The Morgan fingerprint density at radius 2 is 2.04 bits per heavy atom. The van der Waals surface area contributed by atoms with E-state index in [4.69, 9.17) is 16.3 Å². The molecule has 0 atom stereocenters. The number of anilines is 1. The van der Waals surface area contributed by atoms with Gasteiger partial charge in [-0.25, -0.2) is 4.98 Å². The molecule has 4 nitrogen and oxygen atoms in total. The summed E-state index contributed by atoms with van der Waals surface area (Å²) in [7, 11) is 1.63. The number of benzene rings is 2. The summed E-state index contributed by atoms with van der Waals surface area (Å²) in [5.41, 5.74) is 1.88. The van der Waals surface area contributed by atoms with Crippen molar-refractivity contribution < 1.29 is 9.53 Å². The third-order valence-electron chi connectivity index (χ3n) is 3.37. The van der Waals surface area contributed by atoms with E-state index in [9.17, 15) is 4.79 Å². The smallest absolute Gasteiger partial charge is 0.236 e. The van der Waals surface area contributed by atoms with Crippen LogP contribution in [0.3, 0.4) is 0 Å². The van der Waals surface area contributed by atoms with Gasteiger partial charge in [0.1, 0.15) is 5.75 Å². The van der Waals surface area contributed by atoms with Crippen molar-refractivity contribution in [3.05, 3.63) is 47.0 Å². The molecule has 1 amide bonds. The van der Waals surface area contributed by atoms with E-state index in [0.29, 0.717) is 15.9 Å². The minimum atomic E-state index is -0.0938. The van der Waals surface area contributed by atoms with Crippen LogP contribution in [0.25, 0.3) is 10.2 Å². The summed E-state index contributed by atoms with van der Waals surface area (Å²) in [6.45, 7) is 1.98. The normalized spacial score (nSPS) is 10.8. The van der Waals surface area contributed by atoms with Crippen LogP contribution < -0.4 is 10.1 Å². The van der Waals surface area contributed by atoms with Crippen LogP contribution in [-0.4, -0.2) is 23.8 Å². The molecule has 0 radical (unpaired) electrons. The molecule has 0 bridgehead atoms. The van der Waals surface area contributed by atoms with E-state index in [0.717, 1.165) is 26.4 Å². The maximum absolute atomic E-state index is 12.1. The van der Waals surface area contributed by atoms with Gasteiger partial charge in [0.2, 0.25) is 5.91 Å². The Balaban J connectivity index is 1.64. The standard InChI is InChI=1S/C17H15ClN2O2S2/c1-10-3-8-13(18)16-15(10)20-17(24-16)19-14(21)9-23-12-6-4-11(22-2)5-7-12/h3-8H,9H2,1-2H3,(H,19,20,21). The van der Waals surface area contributed by atoms with Gasteiger partial charge in [-0.05, 0) is 42.8 Å². The minimum absolute atomic E-state index is 0.0938. The quantitative estimate of drug-likeness (QED) is 0.635. The van der Waals surface area contributed by atoms with E-state index in [1.807, 2.05) is 43.3 Å². The molecule has 2 aromatic carbocycles. The van der Waals surface area contributed by atoms with Gasteiger partial charge in [-0.15, -0.1) is 11.8 Å². The Morgan fingerprint density at radius 1 is 1.29 bits per heavy atom. The van der Waals surface area contributed by atoms with Crippen molar-refractivity contribution in [2.24, 2.45) is 0 Å². The Kier molecular flexibility index (Phi) is 5.28. The molecule has 0 aliphatic rings. The predicted molar refractivity (Wildman–Crippen MR) is 102 cm³/mol. The van der Waals surface area contributed by atoms with Crippen molar-refractivity contribution in [3.63, 3.8) is 0 Å². The average Bonchev–Trinajstić information content (AvgIpc) is 3.02. The molecule has 0 saturated carbocycles. The van der Waals surface area contributed by atoms with Crippen LogP contribution in [0.5, 0.6) is 5.75 Å². The molecule has 124 valence electrons. The van der Waals surface area contributed by atoms with Crippen molar-refractivity contribution in [2.45, 2.75) is 11.8 Å². The number of carbonyl (C=O) groups is 1. The second kappa shape index (κ2) is 7.42. The Bertz CT molecular complexity index is 839. The van der Waals surface area contributed by atoms with E-state index in [1.165, 1.54) is 23.1 Å². The lowest BCUT2D eigenvalue weighted by Crippen LogP contribution is -2.13. The van der Waals surface area contributed by atoms with Crippen LogP contribution in [0, 0.1) is 6.92 Å². The molecule has 0 aliphatic heterocycles. The maximum Gasteiger partial charge on any atom is 0.236 e. The SMILES string of the molecule is COc1ccc(SCC(=O)Nc2nc3c(C)ccc(Cl)c3s2)cc1. The molecule has 1 aromatic heterocycles. The van der Waals surface area contributed by atoms with E-state index in [2.05, 4.69) is 10.3 Å². The zero-order valence-corrected chi connectivity index (χ0v) is 15.5. The molecule has 3 rings (SSSR count). The van der Waals surface area contributed by atoms with E-state index >= 15 is 0 Å². The first-order valence-corrected chi connectivity index (χ1v) is 9.37. The third kappa shape index (κ3) is 3.83. The molecular formula is C17H15ClN2O2S2. The number of carbonyl (C=O) groups excluding carboxylic acids is 1. The largest absolute Gasteiger partial charge is 0.497 e. The van der Waals surface area contributed by atoms with Crippen molar-refractivity contribution in [3.8, 4) is 5.75 Å². The number of aromatic nitrogens is 1. The molecule has 0 aliphatic carbocycles. The van der Waals surface area contributed by atoms with E-state index in [1.54, 1.807) is 7.11 Å². The number of halogens is 1. The highest BCUT2D eigenvalue weighted by molar-refractivity contribution is 8.00. The number of aryl methyl sites for hydroxylation is 1. The average molecular weight is 379 g/mol. The Hall–Kier alpha value is -1.76. The van der Waals surface area contributed by atoms with Gasteiger partial charge in [0.25, 0.3) is 0 Å². The number of thiazole rings is 1. The molecule has 7 heteroatoms. The number of hydrogen-bond acceptors (Lipinski definition) is 5. The van der Waals surface area contributed by atoms with E-state index < -0.39 is 0 Å². The Morgan fingerprint density at radius 3 is 2.71 bits per heavy atom. The lowest BCUT2D eigenvalue weighted by atomic mass is 10.2. The predicted octanol–water partition coefficient (Wildman–Crippen LogP) is 5.00. The van der Waals surface area contributed by atoms with Crippen LogP contribution in [-0.2, 0) is 4.79 Å². The monoisotopic (exact) mass is 378 g/mol. The highest BCUT2D eigenvalue weighted by Gasteiger charge is 2.12. The number of nitrogens with one attached hydrogen (secondary N) is 1. The molecule has 1 N–H and O–H groups in total. The number of ether oxygens (including phenoxy) is 1.